The summed E-state index contributed by atoms with van der Waals surface area (Å²) in [6.45, 7) is -0.831. The Hall–Kier alpha value is -3.30. The van der Waals surface area contributed by atoms with Gasteiger partial charge < -0.3 is 15.9 Å². The molecule has 1 aliphatic heterocycles. The Balaban J connectivity index is 2.83. The largest absolute Gasteiger partial charge is 0.394 e. The number of carbonyl (C=O) groups is 6. The molecule has 0 aromatic carbocycles. The monoisotopic (exact) mass is 409 g/mol. The van der Waals surface area contributed by atoms with Gasteiger partial charge in [-0.15, -0.1) is 0 Å². The first-order valence-corrected chi connectivity index (χ1v) is 7.39. The lowest BCUT2D eigenvalue weighted by atomic mass is 9.96. The van der Waals surface area contributed by atoms with Crippen molar-refractivity contribution in [2.45, 2.75) is 37.3 Å². The van der Waals surface area contributed by atoms with Crippen LogP contribution in [0.2, 0.25) is 0 Å². The Labute approximate surface area is 154 Å². The van der Waals surface area contributed by atoms with Gasteiger partial charge in [-0.1, -0.05) is 0 Å². The molecule has 0 amide bonds. The van der Waals surface area contributed by atoms with Crippen molar-refractivity contribution >= 4 is 35.8 Å². The van der Waals surface area contributed by atoms with Gasteiger partial charge in [0.05, 0.1) is 32.3 Å². The molecule has 0 radical (unpaired) electrons. The molecule has 0 aromatic heterocycles. The SMILES string of the molecule is NC(CO)C(=O)OOC(=O)CC1(O)CC(=O)OOC(=O)CCC(=O)OOC1=O. The molecule has 0 spiro atoms. The van der Waals surface area contributed by atoms with E-state index in [0.29, 0.717) is 0 Å². The normalized spacial score (nSPS) is 22.2. The zero-order chi connectivity index (χ0) is 21.3. The van der Waals surface area contributed by atoms with Crippen molar-refractivity contribution < 1.29 is 68.3 Å². The first kappa shape index (κ1) is 22.7. The molecule has 15 heteroatoms. The average molecular weight is 409 g/mol. The highest BCUT2D eigenvalue weighted by Crippen LogP contribution is 2.21. The molecule has 0 bridgehead atoms. The van der Waals surface area contributed by atoms with Gasteiger partial charge in [0, 0.05) is 0 Å². The quantitative estimate of drug-likeness (QED) is 0.304. The lowest BCUT2D eigenvalue weighted by molar-refractivity contribution is -0.282. The molecule has 0 saturated carbocycles. The lowest BCUT2D eigenvalue weighted by Crippen LogP contribution is -2.45. The summed E-state index contributed by atoms with van der Waals surface area (Å²) >= 11 is 0. The Morgan fingerprint density at radius 1 is 1.00 bits per heavy atom. The molecule has 2 unspecified atom stereocenters. The van der Waals surface area contributed by atoms with Crippen LogP contribution in [0, 0.1) is 0 Å². The van der Waals surface area contributed by atoms with Gasteiger partial charge in [-0.3, -0.25) is 0 Å². The number of hydrogen-bond acceptors (Lipinski definition) is 15. The summed E-state index contributed by atoms with van der Waals surface area (Å²) in [5.74, 6) is -8.54. The third kappa shape index (κ3) is 7.14. The summed E-state index contributed by atoms with van der Waals surface area (Å²) in [6, 6.07) is -1.54. The van der Waals surface area contributed by atoms with Crippen molar-refractivity contribution in [3.05, 3.63) is 0 Å². The second-order valence-electron chi connectivity index (χ2n) is 5.27. The van der Waals surface area contributed by atoms with E-state index >= 15 is 0 Å². The summed E-state index contributed by atoms with van der Waals surface area (Å²) in [4.78, 5) is 92.9. The summed E-state index contributed by atoms with van der Waals surface area (Å²) in [5, 5.41) is 18.9. The van der Waals surface area contributed by atoms with Crippen LogP contribution >= 0.6 is 0 Å². The van der Waals surface area contributed by atoms with Crippen LogP contribution in [0.3, 0.4) is 0 Å². The van der Waals surface area contributed by atoms with Crippen LogP contribution in [0.5, 0.6) is 0 Å². The number of aliphatic hydroxyl groups is 2. The Morgan fingerprint density at radius 3 is 2.11 bits per heavy atom. The van der Waals surface area contributed by atoms with E-state index in [9.17, 15) is 33.9 Å². The molecule has 1 heterocycles. The van der Waals surface area contributed by atoms with Crippen LogP contribution < -0.4 is 5.73 Å². The van der Waals surface area contributed by atoms with Gasteiger partial charge in [0.1, 0.15) is 6.04 Å². The number of rotatable bonds is 4. The maximum absolute atomic E-state index is 11.9. The fraction of sp³-hybridized carbons (Fsp3) is 0.538. The molecule has 2 atom stereocenters. The van der Waals surface area contributed by atoms with Gasteiger partial charge in [-0.25, -0.2) is 58.1 Å². The topological polar surface area (TPSA) is 224 Å². The molecular weight excluding hydrogens is 394 g/mol. The molecule has 1 rings (SSSR count). The number of nitrogens with two attached hydrogens (primary N) is 1. The minimum atomic E-state index is -3.02. The molecule has 1 saturated heterocycles. The highest BCUT2D eigenvalue weighted by atomic mass is 17.2. The second-order valence-corrected chi connectivity index (χ2v) is 5.27. The summed E-state index contributed by atoms with van der Waals surface area (Å²) in [7, 11) is 0. The fourth-order valence-corrected chi connectivity index (χ4v) is 1.51. The van der Waals surface area contributed by atoms with Gasteiger partial charge in [0.15, 0.2) is 5.60 Å². The maximum Gasteiger partial charge on any atom is 0.387 e. The van der Waals surface area contributed by atoms with Crippen LogP contribution in [-0.2, 0) is 58.1 Å². The highest BCUT2D eigenvalue weighted by molar-refractivity contribution is 5.90. The van der Waals surface area contributed by atoms with Gasteiger partial charge >= 0.3 is 35.8 Å². The van der Waals surface area contributed by atoms with Crippen LogP contribution in [0.25, 0.3) is 0 Å². The minimum absolute atomic E-state index is 0.568. The lowest BCUT2D eigenvalue weighted by Gasteiger charge is -2.22. The second kappa shape index (κ2) is 10.1. The van der Waals surface area contributed by atoms with Crippen molar-refractivity contribution in [3.63, 3.8) is 0 Å². The van der Waals surface area contributed by atoms with Gasteiger partial charge in [-0.05, 0) is 0 Å². The van der Waals surface area contributed by atoms with E-state index in [-0.39, 0.29) is 0 Å². The Bertz CT molecular complexity index is 660. The summed E-state index contributed by atoms with van der Waals surface area (Å²) in [6.07, 6.45) is -3.85. The number of aliphatic hydroxyl groups excluding tert-OH is 1. The molecule has 15 nitrogen and oxygen atoms in total. The summed E-state index contributed by atoms with van der Waals surface area (Å²) < 4.78 is 0. The van der Waals surface area contributed by atoms with Crippen molar-refractivity contribution in [3.8, 4) is 0 Å². The van der Waals surface area contributed by atoms with Crippen LogP contribution in [0.15, 0.2) is 0 Å². The van der Waals surface area contributed by atoms with E-state index in [1.807, 2.05) is 0 Å². The van der Waals surface area contributed by atoms with Crippen molar-refractivity contribution in [1.29, 1.82) is 0 Å². The molecule has 156 valence electrons. The first-order valence-electron chi connectivity index (χ1n) is 7.39. The average Bonchev–Trinajstić information content (AvgIpc) is 2.65. The molecule has 0 aliphatic carbocycles. The van der Waals surface area contributed by atoms with Crippen molar-refractivity contribution in [2.75, 3.05) is 6.61 Å². The fourth-order valence-electron chi connectivity index (χ4n) is 1.51. The van der Waals surface area contributed by atoms with E-state index < -0.39 is 79.7 Å². The molecule has 28 heavy (non-hydrogen) atoms. The summed E-state index contributed by atoms with van der Waals surface area (Å²) in [5.41, 5.74) is 2.06. The van der Waals surface area contributed by atoms with Crippen LogP contribution in [0.4, 0.5) is 0 Å². The van der Waals surface area contributed by atoms with E-state index in [4.69, 9.17) is 10.8 Å². The van der Waals surface area contributed by atoms with E-state index in [1.54, 1.807) is 0 Å². The third-order valence-corrected chi connectivity index (χ3v) is 2.94. The number of carbonyl (C=O) groups excluding carboxylic acids is 6. The molecular formula is C13H15NO14. The minimum Gasteiger partial charge on any atom is -0.394 e. The van der Waals surface area contributed by atoms with Crippen molar-refractivity contribution in [1.82, 2.24) is 0 Å². The Morgan fingerprint density at radius 2 is 1.54 bits per heavy atom. The smallest absolute Gasteiger partial charge is 0.387 e. The van der Waals surface area contributed by atoms with Crippen LogP contribution in [-0.4, -0.2) is 64.3 Å². The first-order chi connectivity index (χ1) is 13.1. The molecule has 1 aliphatic rings. The molecule has 1 fully saturated rings. The Kier molecular flexibility index (Phi) is 8.24. The van der Waals surface area contributed by atoms with E-state index in [2.05, 4.69) is 29.3 Å². The molecule has 0 aromatic rings. The van der Waals surface area contributed by atoms with Crippen LogP contribution in [0.1, 0.15) is 25.7 Å². The predicted molar refractivity (Wildman–Crippen MR) is 75.0 cm³/mol. The van der Waals surface area contributed by atoms with E-state index in [1.165, 1.54) is 0 Å². The number of hydrogen-bond donors (Lipinski definition) is 3. The van der Waals surface area contributed by atoms with Gasteiger partial charge in [-0.2, -0.15) is 0 Å². The molecule has 4 N–H and O–H groups in total. The standard InChI is InChI=1S/C13H15NO14/c14-6(5-15)11(20)27-26-10(19)4-13(22)3-9(18)25-23-7(16)1-2-8(17)24-28-12(13)21/h6,15,22H,1-5,14H2. The predicted octanol–water partition coefficient (Wildman–Crippen LogP) is -3.38. The third-order valence-electron chi connectivity index (χ3n) is 2.94. The van der Waals surface area contributed by atoms with Crippen molar-refractivity contribution in [2.24, 2.45) is 5.73 Å². The van der Waals surface area contributed by atoms with Gasteiger partial charge in [0.25, 0.3) is 0 Å². The van der Waals surface area contributed by atoms with Gasteiger partial charge in [0.2, 0.25) is 0 Å². The zero-order valence-corrected chi connectivity index (χ0v) is 14.0. The highest BCUT2D eigenvalue weighted by Gasteiger charge is 2.46. The maximum atomic E-state index is 11.9. The zero-order valence-electron chi connectivity index (χ0n) is 14.0. The van der Waals surface area contributed by atoms with E-state index in [0.717, 1.165) is 0 Å².